The molecule has 0 saturated heterocycles. The largest absolute Gasteiger partial charge is 0.384 e. The monoisotopic (exact) mass is 277 g/mol. The molecule has 21 heavy (non-hydrogen) atoms. The number of rotatable bonds is 2. The van der Waals surface area contributed by atoms with Crippen LogP contribution in [-0.2, 0) is 0 Å². The maximum atomic E-state index is 10.8. The molecule has 106 valence electrons. The zero-order valence-electron chi connectivity index (χ0n) is 12.6. The van der Waals surface area contributed by atoms with Gasteiger partial charge in [0.2, 0.25) is 0 Å². The summed E-state index contributed by atoms with van der Waals surface area (Å²) in [4.78, 5) is 4.32. The van der Waals surface area contributed by atoms with Crippen LogP contribution in [0.25, 0.3) is 10.9 Å². The van der Waals surface area contributed by atoms with Crippen molar-refractivity contribution in [2.45, 2.75) is 26.9 Å². The molecule has 1 atom stereocenters. The van der Waals surface area contributed by atoms with Crippen LogP contribution < -0.4 is 0 Å². The summed E-state index contributed by atoms with van der Waals surface area (Å²) in [7, 11) is 0. The number of hydrogen-bond acceptors (Lipinski definition) is 2. The van der Waals surface area contributed by atoms with Crippen LogP contribution in [0.3, 0.4) is 0 Å². The summed E-state index contributed by atoms with van der Waals surface area (Å²) in [6.45, 7) is 6.19. The molecule has 1 heterocycles. The molecular weight excluding hydrogens is 258 g/mol. The van der Waals surface area contributed by atoms with Gasteiger partial charge in [-0.05, 0) is 61.2 Å². The lowest BCUT2D eigenvalue weighted by Crippen LogP contribution is -2.05. The number of pyridine rings is 1. The van der Waals surface area contributed by atoms with E-state index in [2.05, 4.69) is 37.9 Å². The van der Waals surface area contributed by atoms with E-state index in [0.29, 0.717) is 0 Å². The van der Waals surface area contributed by atoms with Gasteiger partial charge < -0.3 is 5.11 Å². The van der Waals surface area contributed by atoms with Gasteiger partial charge in [-0.25, -0.2) is 0 Å². The fourth-order valence-corrected chi connectivity index (χ4v) is 3.05. The molecule has 0 saturated carbocycles. The van der Waals surface area contributed by atoms with E-state index in [1.54, 1.807) is 6.20 Å². The van der Waals surface area contributed by atoms with Gasteiger partial charge in [0.05, 0.1) is 5.52 Å². The van der Waals surface area contributed by atoms with Crippen molar-refractivity contribution < 1.29 is 5.11 Å². The molecule has 0 bridgehead atoms. The molecule has 1 aromatic heterocycles. The van der Waals surface area contributed by atoms with Crippen LogP contribution in [0.4, 0.5) is 0 Å². The van der Waals surface area contributed by atoms with E-state index >= 15 is 0 Å². The summed E-state index contributed by atoms with van der Waals surface area (Å²) in [5.74, 6) is 0. The Morgan fingerprint density at radius 1 is 0.952 bits per heavy atom. The molecule has 2 nitrogen and oxygen atoms in total. The second-order valence-corrected chi connectivity index (χ2v) is 5.67. The minimum absolute atomic E-state index is 0.602. The second kappa shape index (κ2) is 5.30. The second-order valence-electron chi connectivity index (χ2n) is 5.67. The van der Waals surface area contributed by atoms with Gasteiger partial charge in [0.1, 0.15) is 6.10 Å². The van der Waals surface area contributed by atoms with Crippen molar-refractivity contribution in [1.82, 2.24) is 4.98 Å². The number of aliphatic hydroxyl groups excluding tert-OH is 1. The zero-order chi connectivity index (χ0) is 15.0. The van der Waals surface area contributed by atoms with Gasteiger partial charge in [-0.2, -0.15) is 0 Å². The normalized spacial score (nSPS) is 12.6. The summed E-state index contributed by atoms with van der Waals surface area (Å²) in [6, 6.07) is 14.1. The molecule has 0 aliphatic heterocycles. The lowest BCUT2D eigenvalue weighted by atomic mass is 9.91. The minimum Gasteiger partial charge on any atom is -0.384 e. The van der Waals surface area contributed by atoms with Crippen molar-refractivity contribution in [2.24, 2.45) is 0 Å². The van der Waals surface area contributed by atoms with Crippen LogP contribution in [0, 0.1) is 20.8 Å². The molecule has 3 aromatic rings. The highest BCUT2D eigenvalue weighted by atomic mass is 16.3. The van der Waals surface area contributed by atoms with Gasteiger partial charge in [0.25, 0.3) is 0 Å². The first kappa shape index (κ1) is 13.8. The SMILES string of the molecule is Cc1cc(C)c(C(O)c2ccc3ncccc3c2)c(C)c1. The maximum Gasteiger partial charge on any atom is 0.105 e. The lowest BCUT2D eigenvalue weighted by Gasteiger charge is -2.18. The van der Waals surface area contributed by atoms with Gasteiger partial charge in [0, 0.05) is 11.6 Å². The Balaban J connectivity index is 2.10. The first-order valence-electron chi connectivity index (χ1n) is 7.17. The van der Waals surface area contributed by atoms with Crippen molar-refractivity contribution in [3.8, 4) is 0 Å². The van der Waals surface area contributed by atoms with Crippen LogP contribution in [-0.4, -0.2) is 10.1 Å². The van der Waals surface area contributed by atoms with Gasteiger partial charge >= 0.3 is 0 Å². The van der Waals surface area contributed by atoms with E-state index in [4.69, 9.17) is 0 Å². The molecule has 3 rings (SSSR count). The highest BCUT2D eigenvalue weighted by Crippen LogP contribution is 2.30. The molecule has 0 radical (unpaired) electrons. The van der Waals surface area contributed by atoms with Crippen molar-refractivity contribution in [3.05, 3.63) is 76.5 Å². The van der Waals surface area contributed by atoms with E-state index in [1.165, 1.54) is 5.56 Å². The molecule has 0 spiro atoms. The van der Waals surface area contributed by atoms with E-state index in [1.807, 2.05) is 30.3 Å². The minimum atomic E-state index is -0.602. The van der Waals surface area contributed by atoms with E-state index in [-0.39, 0.29) is 0 Å². The molecule has 0 amide bonds. The van der Waals surface area contributed by atoms with Gasteiger partial charge in [0.15, 0.2) is 0 Å². The van der Waals surface area contributed by atoms with Gasteiger partial charge in [-0.3, -0.25) is 4.98 Å². The quantitative estimate of drug-likeness (QED) is 0.760. The standard InChI is InChI=1S/C19H19NO/c1-12-9-13(2)18(14(3)10-12)19(21)16-6-7-17-15(11-16)5-4-8-20-17/h4-11,19,21H,1-3H3. The predicted molar refractivity (Wildman–Crippen MR) is 86.5 cm³/mol. The Morgan fingerprint density at radius 3 is 2.38 bits per heavy atom. The first-order chi connectivity index (χ1) is 10.1. The highest BCUT2D eigenvalue weighted by Gasteiger charge is 2.16. The molecule has 1 N–H and O–H groups in total. The fraction of sp³-hybridized carbons (Fsp3) is 0.211. The predicted octanol–water partition coefficient (Wildman–Crippen LogP) is 4.24. The van der Waals surface area contributed by atoms with Crippen LogP contribution in [0.15, 0.2) is 48.7 Å². The molecular formula is C19H19NO. The maximum absolute atomic E-state index is 10.8. The Bertz CT molecular complexity index is 785. The number of hydrogen-bond donors (Lipinski definition) is 1. The topological polar surface area (TPSA) is 33.1 Å². The van der Waals surface area contributed by atoms with Crippen molar-refractivity contribution in [3.63, 3.8) is 0 Å². The number of aliphatic hydroxyl groups is 1. The number of fused-ring (bicyclic) bond motifs is 1. The van der Waals surface area contributed by atoms with Crippen molar-refractivity contribution >= 4 is 10.9 Å². The van der Waals surface area contributed by atoms with E-state index in [9.17, 15) is 5.11 Å². The van der Waals surface area contributed by atoms with E-state index < -0.39 is 6.10 Å². The Morgan fingerprint density at radius 2 is 1.67 bits per heavy atom. The molecule has 1 unspecified atom stereocenters. The number of aromatic nitrogens is 1. The first-order valence-corrected chi connectivity index (χ1v) is 7.17. The fourth-order valence-electron chi connectivity index (χ4n) is 3.05. The van der Waals surface area contributed by atoms with Crippen molar-refractivity contribution in [2.75, 3.05) is 0 Å². The summed E-state index contributed by atoms with van der Waals surface area (Å²) in [5, 5.41) is 11.8. The number of benzene rings is 2. The summed E-state index contributed by atoms with van der Waals surface area (Å²) in [6.07, 6.45) is 1.18. The molecule has 0 fully saturated rings. The van der Waals surface area contributed by atoms with Gasteiger partial charge in [-0.15, -0.1) is 0 Å². The summed E-state index contributed by atoms with van der Waals surface area (Å²) >= 11 is 0. The smallest absolute Gasteiger partial charge is 0.105 e. The van der Waals surface area contributed by atoms with Crippen LogP contribution in [0.5, 0.6) is 0 Å². The number of aryl methyl sites for hydroxylation is 3. The Kier molecular flexibility index (Phi) is 3.48. The zero-order valence-corrected chi connectivity index (χ0v) is 12.6. The van der Waals surface area contributed by atoms with Crippen LogP contribution in [0.2, 0.25) is 0 Å². The lowest BCUT2D eigenvalue weighted by molar-refractivity contribution is 0.219. The molecule has 2 aromatic carbocycles. The third-order valence-corrected chi connectivity index (χ3v) is 3.95. The molecule has 0 aliphatic carbocycles. The third kappa shape index (κ3) is 2.55. The van der Waals surface area contributed by atoms with Gasteiger partial charge in [-0.1, -0.05) is 29.8 Å². The molecule has 2 heteroatoms. The van der Waals surface area contributed by atoms with Crippen LogP contribution >= 0.6 is 0 Å². The number of nitrogens with zero attached hydrogens (tertiary/aromatic N) is 1. The average molecular weight is 277 g/mol. The van der Waals surface area contributed by atoms with Crippen LogP contribution in [0.1, 0.15) is 33.9 Å². The van der Waals surface area contributed by atoms with Crippen molar-refractivity contribution in [1.29, 1.82) is 0 Å². The summed E-state index contributed by atoms with van der Waals surface area (Å²) in [5.41, 5.74) is 6.35. The average Bonchev–Trinajstić information content (AvgIpc) is 2.45. The Hall–Kier alpha value is -2.19. The third-order valence-electron chi connectivity index (χ3n) is 3.95. The summed E-state index contributed by atoms with van der Waals surface area (Å²) < 4.78 is 0. The van der Waals surface area contributed by atoms with E-state index in [0.717, 1.165) is 33.2 Å². The Labute approximate surface area is 125 Å². The highest BCUT2D eigenvalue weighted by molar-refractivity contribution is 5.79. The molecule has 0 aliphatic rings.